The molecule has 0 unspecified atom stereocenters. The molecule has 5 nitrogen and oxygen atoms in total. The molecule has 2 aliphatic rings. The van der Waals surface area contributed by atoms with Crippen LogP contribution in [0.25, 0.3) is 0 Å². The van der Waals surface area contributed by atoms with Crippen LogP contribution in [0.1, 0.15) is 41.6 Å². The zero-order valence-electron chi connectivity index (χ0n) is 16.5. The van der Waals surface area contributed by atoms with Crippen molar-refractivity contribution in [3.8, 4) is 5.75 Å². The first kappa shape index (κ1) is 23.5. The molecular formula is C22H29Cl2N3O2. The summed E-state index contributed by atoms with van der Waals surface area (Å²) in [6.07, 6.45) is 8.36. The lowest BCUT2D eigenvalue weighted by molar-refractivity contribution is 0.0704. The number of likely N-dealkylation sites (tertiary alicyclic amines) is 1. The van der Waals surface area contributed by atoms with Gasteiger partial charge in [0.05, 0.1) is 0 Å². The number of hydrogen-bond acceptors (Lipinski definition) is 4. The zero-order chi connectivity index (χ0) is 18.5. The summed E-state index contributed by atoms with van der Waals surface area (Å²) in [5, 5.41) is 3.66. The Balaban J connectivity index is 0.00000150. The number of pyridine rings is 1. The molecule has 0 radical (unpaired) electrons. The topological polar surface area (TPSA) is 54.5 Å². The molecule has 1 aliphatic heterocycles. The van der Waals surface area contributed by atoms with Crippen LogP contribution in [0.2, 0.25) is 0 Å². The summed E-state index contributed by atoms with van der Waals surface area (Å²) in [6.45, 7) is 3.24. The first-order valence-corrected chi connectivity index (χ1v) is 9.92. The second-order valence-electron chi connectivity index (χ2n) is 7.60. The molecule has 4 rings (SSSR count). The number of piperidine rings is 1. The van der Waals surface area contributed by atoms with Gasteiger partial charge in [-0.3, -0.25) is 9.78 Å². The van der Waals surface area contributed by atoms with E-state index in [-0.39, 0.29) is 30.7 Å². The molecule has 1 aromatic carbocycles. The minimum Gasteiger partial charge on any atom is -0.489 e. The van der Waals surface area contributed by atoms with Crippen LogP contribution >= 0.6 is 24.8 Å². The number of ether oxygens (including phenoxy) is 1. The Morgan fingerprint density at radius 2 is 1.90 bits per heavy atom. The fraction of sp³-hybridized carbons (Fsp3) is 0.455. The summed E-state index contributed by atoms with van der Waals surface area (Å²) in [5.74, 6) is 1.72. The fourth-order valence-electron chi connectivity index (χ4n) is 3.49. The van der Waals surface area contributed by atoms with Crippen LogP contribution < -0.4 is 10.1 Å². The second-order valence-corrected chi connectivity index (χ2v) is 7.60. The number of rotatable bonds is 7. The van der Waals surface area contributed by atoms with E-state index in [1.54, 1.807) is 12.4 Å². The van der Waals surface area contributed by atoms with Crippen LogP contribution in [-0.4, -0.2) is 41.5 Å². The molecule has 0 atom stereocenters. The molecule has 2 heterocycles. The van der Waals surface area contributed by atoms with E-state index in [4.69, 9.17) is 4.74 Å². The number of benzene rings is 1. The van der Waals surface area contributed by atoms with Gasteiger partial charge in [-0.1, -0.05) is 12.1 Å². The third kappa shape index (κ3) is 6.88. The number of hydrogen-bond donors (Lipinski definition) is 1. The second kappa shape index (κ2) is 11.4. The van der Waals surface area contributed by atoms with Crippen molar-refractivity contribution in [1.29, 1.82) is 0 Å². The third-order valence-electron chi connectivity index (χ3n) is 5.38. The Labute approximate surface area is 185 Å². The number of nitrogens with one attached hydrogen (secondary N) is 1. The first-order chi connectivity index (χ1) is 13.3. The van der Waals surface area contributed by atoms with Gasteiger partial charge in [-0.05, 0) is 62.4 Å². The van der Waals surface area contributed by atoms with E-state index >= 15 is 0 Å². The highest BCUT2D eigenvalue weighted by Crippen LogP contribution is 2.28. The number of carbonyl (C=O) groups is 1. The molecule has 1 aliphatic carbocycles. The highest BCUT2D eigenvalue weighted by molar-refractivity contribution is 5.94. The monoisotopic (exact) mass is 437 g/mol. The van der Waals surface area contributed by atoms with Crippen LogP contribution in [0.15, 0.2) is 48.8 Å². The summed E-state index contributed by atoms with van der Waals surface area (Å²) >= 11 is 0. The highest BCUT2D eigenvalue weighted by atomic mass is 35.5. The molecule has 0 bridgehead atoms. The van der Waals surface area contributed by atoms with Crippen molar-refractivity contribution in [1.82, 2.24) is 15.2 Å². The lowest BCUT2D eigenvalue weighted by Crippen LogP contribution is -2.45. The van der Waals surface area contributed by atoms with E-state index in [0.29, 0.717) is 24.0 Å². The summed E-state index contributed by atoms with van der Waals surface area (Å²) in [6, 6.07) is 11.9. The van der Waals surface area contributed by atoms with Crippen molar-refractivity contribution >= 4 is 30.7 Å². The maximum absolute atomic E-state index is 12.8. The molecule has 29 heavy (non-hydrogen) atoms. The minimum atomic E-state index is 0. The number of aromatic nitrogens is 1. The average molecular weight is 438 g/mol. The van der Waals surface area contributed by atoms with Crippen molar-refractivity contribution < 1.29 is 9.53 Å². The lowest BCUT2D eigenvalue weighted by atomic mass is 10.0. The summed E-state index contributed by atoms with van der Waals surface area (Å²) < 4.78 is 5.83. The van der Waals surface area contributed by atoms with E-state index in [1.165, 1.54) is 12.8 Å². The molecule has 1 saturated heterocycles. The molecule has 1 N–H and O–H groups in total. The van der Waals surface area contributed by atoms with Gasteiger partial charge in [0.15, 0.2) is 0 Å². The molecule has 1 aromatic heterocycles. The van der Waals surface area contributed by atoms with Crippen molar-refractivity contribution in [2.24, 2.45) is 5.92 Å². The van der Waals surface area contributed by atoms with Gasteiger partial charge < -0.3 is 15.0 Å². The van der Waals surface area contributed by atoms with Gasteiger partial charge in [-0.25, -0.2) is 0 Å². The van der Waals surface area contributed by atoms with Crippen molar-refractivity contribution in [2.45, 2.75) is 38.3 Å². The van der Waals surface area contributed by atoms with Crippen LogP contribution in [-0.2, 0) is 6.61 Å². The van der Waals surface area contributed by atoms with E-state index in [2.05, 4.69) is 10.3 Å². The molecule has 2 aromatic rings. The van der Waals surface area contributed by atoms with Gasteiger partial charge in [-0.15, -0.1) is 24.8 Å². The number of carbonyl (C=O) groups excluding carboxylic acids is 1. The van der Waals surface area contributed by atoms with E-state index in [1.807, 2.05) is 41.3 Å². The SMILES string of the molecule is Cl.Cl.O=C(c1cccc(OCc2cccnc2)c1)N1CCC(NCC2CC2)CC1. The molecular weight excluding hydrogens is 409 g/mol. The zero-order valence-corrected chi connectivity index (χ0v) is 18.1. The number of nitrogens with zero attached hydrogens (tertiary/aromatic N) is 2. The highest BCUT2D eigenvalue weighted by Gasteiger charge is 2.26. The van der Waals surface area contributed by atoms with Crippen molar-refractivity contribution in [2.75, 3.05) is 19.6 Å². The Hall–Kier alpha value is -1.82. The average Bonchev–Trinajstić information content (AvgIpc) is 3.56. The summed E-state index contributed by atoms with van der Waals surface area (Å²) in [7, 11) is 0. The molecule has 2 fully saturated rings. The van der Waals surface area contributed by atoms with Gasteiger partial charge in [0, 0.05) is 42.7 Å². The van der Waals surface area contributed by atoms with Crippen molar-refractivity contribution in [3.63, 3.8) is 0 Å². The van der Waals surface area contributed by atoms with Gasteiger partial charge in [-0.2, -0.15) is 0 Å². The van der Waals surface area contributed by atoms with Gasteiger partial charge in [0.2, 0.25) is 0 Å². The van der Waals surface area contributed by atoms with E-state index in [0.717, 1.165) is 44.0 Å². The Morgan fingerprint density at radius 3 is 2.59 bits per heavy atom. The van der Waals surface area contributed by atoms with Gasteiger partial charge in [0.25, 0.3) is 5.91 Å². The molecule has 1 saturated carbocycles. The van der Waals surface area contributed by atoms with Crippen LogP contribution in [0, 0.1) is 5.92 Å². The third-order valence-corrected chi connectivity index (χ3v) is 5.38. The van der Waals surface area contributed by atoms with Crippen LogP contribution in [0.4, 0.5) is 0 Å². The minimum absolute atomic E-state index is 0. The van der Waals surface area contributed by atoms with Crippen LogP contribution in [0.5, 0.6) is 5.75 Å². The predicted octanol–water partition coefficient (Wildman–Crippen LogP) is 4.11. The Kier molecular flexibility index (Phi) is 9.21. The summed E-state index contributed by atoms with van der Waals surface area (Å²) in [4.78, 5) is 18.9. The maximum Gasteiger partial charge on any atom is 0.253 e. The first-order valence-electron chi connectivity index (χ1n) is 9.92. The standard InChI is InChI=1S/C22H27N3O2.2ClH/c26-22(25-11-8-20(9-12-25)24-15-17-6-7-17)19-4-1-5-21(13-19)27-16-18-3-2-10-23-14-18;;/h1-5,10,13-14,17,20,24H,6-9,11-12,15-16H2;2*1H. The lowest BCUT2D eigenvalue weighted by Gasteiger charge is -2.32. The van der Waals surface area contributed by atoms with Crippen molar-refractivity contribution in [3.05, 3.63) is 59.9 Å². The Morgan fingerprint density at radius 1 is 1.10 bits per heavy atom. The number of halogens is 2. The molecule has 0 spiro atoms. The summed E-state index contributed by atoms with van der Waals surface area (Å²) in [5.41, 5.74) is 1.71. The Bertz CT molecular complexity index is 764. The van der Waals surface area contributed by atoms with Crippen LogP contribution in [0.3, 0.4) is 0 Å². The number of amides is 1. The van der Waals surface area contributed by atoms with E-state index in [9.17, 15) is 4.79 Å². The van der Waals surface area contributed by atoms with E-state index < -0.39 is 0 Å². The molecule has 7 heteroatoms. The van der Waals surface area contributed by atoms with Gasteiger partial charge in [0.1, 0.15) is 12.4 Å². The smallest absolute Gasteiger partial charge is 0.253 e. The fourth-order valence-corrected chi connectivity index (χ4v) is 3.49. The predicted molar refractivity (Wildman–Crippen MR) is 119 cm³/mol. The normalized spacial score (nSPS) is 16.5. The van der Waals surface area contributed by atoms with Gasteiger partial charge >= 0.3 is 0 Å². The molecule has 158 valence electrons. The largest absolute Gasteiger partial charge is 0.489 e. The maximum atomic E-state index is 12.8. The molecule has 1 amide bonds. The quantitative estimate of drug-likeness (QED) is 0.707.